The van der Waals surface area contributed by atoms with E-state index in [1.165, 1.54) is 11.1 Å². The van der Waals surface area contributed by atoms with Crippen LogP contribution in [-0.2, 0) is 0 Å². The quantitative estimate of drug-likeness (QED) is 0.603. The lowest BCUT2D eigenvalue weighted by Crippen LogP contribution is -1.88. The molecule has 0 radical (unpaired) electrons. The van der Waals surface area contributed by atoms with Crippen molar-refractivity contribution in [1.82, 2.24) is 9.38 Å². The molecule has 0 N–H and O–H groups in total. The molecule has 0 aliphatic rings. The van der Waals surface area contributed by atoms with E-state index in [9.17, 15) is 0 Å². The summed E-state index contributed by atoms with van der Waals surface area (Å²) in [5, 5.41) is 0. The molecule has 0 saturated carbocycles. The van der Waals surface area contributed by atoms with Crippen molar-refractivity contribution in [2.24, 2.45) is 0 Å². The SMILES string of the molecule is CC.Cc1cc(C)c2nccn2c1. The minimum absolute atomic E-state index is 1.05. The molecule has 0 aliphatic heterocycles. The van der Waals surface area contributed by atoms with Crippen LogP contribution < -0.4 is 0 Å². The van der Waals surface area contributed by atoms with Crippen LogP contribution in [0.5, 0.6) is 0 Å². The van der Waals surface area contributed by atoms with E-state index < -0.39 is 0 Å². The molecular weight excluding hydrogens is 160 g/mol. The molecular formula is C11H16N2. The zero-order valence-corrected chi connectivity index (χ0v) is 8.70. The Kier molecular flexibility index (Phi) is 3.07. The minimum Gasteiger partial charge on any atom is -0.307 e. The van der Waals surface area contributed by atoms with Crippen LogP contribution in [0.4, 0.5) is 0 Å². The first kappa shape index (κ1) is 9.78. The van der Waals surface area contributed by atoms with Crippen molar-refractivity contribution in [3.8, 4) is 0 Å². The Hall–Kier alpha value is -1.31. The molecule has 2 rings (SSSR count). The maximum Gasteiger partial charge on any atom is 0.139 e. The molecule has 70 valence electrons. The molecule has 0 aliphatic carbocycles. The number of aromatic nitrogens is 2. The fourth-order valence-electron chi connectivity index (χ4n) is 1.39. The molecule has 2 nitrogen and oxygen atoms in total. The van der Waals surface area contributed by atoms with Crippen molar-refractivity contribution in [3.63, 3.8) is 0 Å². The van der Waals surface area contributed by atoms with Gasteiger partial charge in [0.25, 0.3) is 0 Å². The third kappa shape index (κ3) is 1.89. The van der Waals surface area contributed by atoms with Crippen LogP contribution in [0.1, 0.15) is 25.0 Å². The standard InChI is InChI=1S/C9H10N2.C2H6/c1-7-5-8(2)9-10-3-4-11(9)6-7;1-2/h3-6H,1-2H3;1-2H3. The second-order valence-corrected chi connectivity index (χ2v) is 2.86. The Labute approximate surface area is 79.2 Å². The monoisotopic (exact) mass is 176 g/mol. The smallest absolute Gasteiger partial charge is 0.139 e. The zero-order chi connectivity index (χ0) is 9.84. The van der Waals surface area contributed by atoms with Gasteiger partial charge in [0.15, 0.2) is 0 Å². The molecule has 2 aromatic heterocycles. The van der Waals surface area contributed by atoms with Gasteiger partial charge in [-0.2, -0.15) is 0 Å². The highest BCUT2D eigenvalue weighted by Gasteiger charge is 1.97. The van der Waals surface area contributed by atoms with Gasteiger partial charge in [0.1, 0.15) is 5.65 Å². The summed E-state index contributed by atoms with van der Waals surface area (Å²) in [5.74, 6) is 0. The number of hydrogen-bond acceptors (Lipinski definition) is 1. The maximum absolute atomic E-state index is 4.22. The van der Waals surface area contributed by atoms with Crippen LogP contribution in [0.2, 0.25) is 0 Å². The van der Waals surface area contributed by atoms with Crippen LogP contribution in [0.25, 0.3) is 5.65 Å². The average molecular weight is 176 g/mol. The molecule has 0 aromatic carbocycles. The molecule has 0 atom stereocenters. The van der Waals surface area contributed by atoms with E-state index in [1.54, 1.807) is 0 Å². The predicted molar refractivity (Wildman–Crippen MR) is 56.0 cm³/mol. The van der Waals surface area contributed by atoms with Crippen molar-refractivity contribution in [3.05, 3.63) is 35.8 Å². The zero-order valence-electron chi connectivity index (χ0n) is 8.70. The van der Waals surface area contributed by atoms with Gasteiger partial charge in [-0.1, -0.05) is 19.9 Å². The van der Waals surface area contributed by atoms with Gasteiger partial charge in [0, 0.05) is 18.6 Å². The highest BCUT2D eigenvalue weighted by atomic mass is 15.0. The third-order valence-corrected chi connectivity index (χ3v) is 1.81. The number of nitrogens with zero attached hydrogens (tertiary/aromatic N) is 2. The lowest BCUT2D eigenvalue weighted by molar-refractivity contribution is 1.13. The summed E-state index contributed by atoms with van der Waals surface area (Å²) in [7, 11) is 0. The predicted octanol–water partition coefficient (Wildman–Crippen LogP) is 2.98. The summed E-state index contributed by atoms with van der Waals surface area (Å²) in [5.41, 5.74) is 3.55. The molecule has 2 aromatic rings. The highest BCUT2D eigenvalue weighted by molar-refractivity contribution is 5.47. The van der Waals surface area contributed by atoms with E-state index >= 15 is 0 Å². The number of hydrogen-bond donors (Lipinski definition) is 0. The van der Waals surface area contributed by atoms with E-state index in [0.717, 1.165) is 5.65 Å². The van der Waals surface area contributed by atoms with E-state index in [2.05, 4.69) is 31.1 Å². The fourth-order valence-corrected chi connectivity index (χ4v) is 1.39. The summed E-state index contributed by atoms with van der Waals surface area (Å²) in [4.78, 5) is 4.22. The average Bonchev–Trinajstić information content (AvgIpc) is 2.55. The van der Waals surface area contributed by atoms with Gasteiger partial charge < -0.3 is 4.40 Å². The number of pyridine rings is 1. The van der Waals surface area contributed by atoms with Crippen LogP contribution in [-0.4, -0.2) is 9.38 Å². The molecule has 2 heteroatoms. The minimum atomic E-state index is 1.05. The molecule has 0 bridgehead atoms. The normalized spacial score (nSPS) is 9.54. The lowest BCUT2D eigenvalue weighted by atomic mass is 10.2. The molecule has 0 fully saturated rings. The van der Waals surface area contributed by atoms with Gasteiger partial charge in [-0.05, 0) is 25.0 Å². The Balaban J connectivity index is 0.000000396. The first-order valence-electron chi connectivity index (χ1n) is 4.67. The highest BCUT2D eigenvalue weighted by Crippen LogP contribution is 2.09. The first-order valence-corrected chi connectivity index (χ1v) is 4.67. The third-order valence-electron chi connectivity index (χ3n) is 1.81. The van der Waals surface area contributed by atoms with Crippen LogP contribution in [0, 0.1) is 13.8 Å². The van der Waals surface area contributed by atoms with Crippen LogP contribution in [0.3, 0.4) is 0 Å². The number of imidazole rings is 1. The fraction of sp³-hybridized carbons (Fsp3) is 0.364. The number of rotatable bonds is 0. The Morgan fingerprint density at radius 2 is 1.92 bits per heavy atom. The molecule has 0 spiro atoms. The van der Waals surface area contributed by atoms with Crippen molar-refractivity contribution in [2.45, 2.75) is 27.7 Å². The van der Waals surface area contributed by atoms with Gasteiger partial charge in [-0.3, -0.25) is 0 Å². The Morgan fingerprint density at radius 3 is 2.62 bits per heavy atom. The lowest BCUT2D eigenvalue weighted by Gasteiger charge is -1.98. The van der Waals surface area contributed by atoms with E-state index in [0.29, 0.717) is 0 Å². The van der Waals surface area contributed by atoms with Gasteiger partial charge in [-0.15, -0.1) is 0 Å². The Morgan fingerprint density at radius 1 is 1.23 bits per heavy atom. The van der Waals surface area contributed by atoms with Crippen molar-refractivity contribution >= 4 is 5.65 Å². The first-order chi connectivity index (χ1) is 6.27. The van der Waals surface area contributed by atoms with Gasteiger partial charge in [0.2, 0.25) is 0 Å². The molecule has 0 amide bonds. The van der Waals surface area contributed by atoms with E-state index in [4.69, 9.17) is 0 Å². The second kappa shape index (κ2) is 4.08. The summed E-state index contributed by atoms with van der Waals surface area (Å²) in [6.45, 7) is 8.17. The van der Waals surface area contributed by atoms with Crippen LogP contribution >= 0.6 is 0 Å². The summed E-state index contributed by atoms with van der Waals surface area (Å²) in [6, 6.07) is 2.14. The molecule has 0 saturated heterocycles. The molecule has 2 heterocycles. The summed E-state index contributed by atoms with van der Waals surface area (Å²) >= 11 is 0. The number of fused-ring (bicyclic) bond motifs is 1. The van der Waals surface area contributed by atoms with Crippen molar-refractivity contribution in [1.29, 1.82) is 0 Å². The summed E-state index contributed by atoms with van der Waals surface area (Å²) < 4.78 is 2.05. The molecule has 0 unspecified atom stereocenters. The van der Waals surface area contributed by atoms with Crippen LogP contribution in [0.15, 0.2) is 24.7 Å². The molecule has 13 heavy (non-hydrogen) atoms. The topological polar surface area (TPSA) is 17.3 Å². The van der Waals surface area contributed by atoms with Gasteiger partial charge in [-0.25, -0.2) is 4.98 Å². The van der Waals surface area contributed by atoms with E-state index in [1.807, 2.05) is 30.6 Å². The van der Waals surface area contributed by atoms with Crippen molar-refractivity contribution < 1.29 is 0 Å². The van der Waals surface area contributed by atoms with E-state index in [-0.39, 0.29) is 0 Å². The number of aryl methyl sites for hydroxylation is 2. The maximum atomic E-state index is 4.22. The largest absolute Gasteiger partial charge is 0.307 e. The second-order valence-electron chi connectivity index (χ2n) is 2.86. The van der Waals surface area contributed by atoms with Crippen molar-refractivity contribution in [2.75, 3.05) is 0 Å². The summed E-state index contributed by atoms with van der Waals surface area (Å²) in [6.07, 6.45) is 5.87. The Bertz CT molecular complexity index is 388. The van der Waals surface area contributed by atoms with Gasteiger partial charge >= 0.3 is 0 Å². The van der Waals surface area contributed by atoms with Gasteiger partial charge in [0.05, 0.1) is 0 Å².